The van der Waals surface area contributed by atoms with Crippen molar-refractivity contribution < 1.29 is 4.79 Å². The van der Waals surface area contributed by atoms with Crippen molar-refractivity contribution in [2.24, 2.45) is 0 Å². The molecule has 0 aliphatic rings. The van der Waals surface area contributed by atoms with E-state index in [-0.39, 0.29) is 12.1 Å². The number of urea groups is 1. The molecule has 2 aromatic rings. The van der Waals surface area contributed by atoms with Crippen molar-refractivity contribution in [3.8, 4) is 0 Å². The van der Waals surface area contributed by atoms with E-state index in [9.17, 15) is 4.79 Å². The van der Waals surface area contributed by atoms with Gasteiger partial charge in [-0.25, -0.2) is 4.79 Å². The molecule has 1 aromatic carbocycles. The third kappa shape index (κ3) is 4.46. The van der Waals surface area contributed by atoms with Gasteiger partial charge in [-0.15, -0.1) is 0 Å². The van der Waals surface area contributed by atoms with Crippen molar-refractivity contribution in [2.75, 3.05) is 7.05 Å². The van der Waals surface area contributed by atoms with Gasteiger partial charge in [-0.2, -0.15) is 0 Å². The van der Waals surface area contributed by atoms with Crippen molar-refractivity contribution in [1.29, 1.82) is 0 Å². The minimum Gasteiger partial charge on any atom is -0.331 e. The molecule has 5 heteroatoms. The molecule has 0 aliphatic heterocycles. The molecule has 1 N–H and O–H groups in total. The van der Waals surface area contributed by atoms with Crippen LogP contribution in [0.4, 0.5) is 4.79 Å². The average Bonchev–Trinajstić information content (AvgIpc) is 2.48. The van der Waals surface area contributed by atoms with Crippen LogP contribution >= 0.6 is 11.6 Å². The quantitative estimate of drug-likeness (QED) is 0.937. The van der Waals surface area contributed by atoms with Crippen LogP contribution in [0.1, 0.15) is 24.1 Å². The fourth-order valence-corrected chi connectivity index (χ4v) is 2.22. The Balaban J connectivity index is 1.94. The number of amides is 2. The molecule has 1 aromatic heterocycles. The first-order chi connectivity index (χ1) is 10.1. The number of benzene rings is 1. The maximum atomic E-state index is 12.2. The molecule has 2 amide bonds. The van der Waals surface area contributed by atoms with Crippen molar-refractivity contribution in [2.45, 2.75) is 19.5 Å². The number of hydrogen-bond donors (Lipinski definition) is 1. The maximum Gasteiger partial charge on any atom is 0.317 e. The van der Waals surface area contributed by atoms with Crippen LogP contribution in [-0.2, 0) is 6.54 Å². The minimum absolute atomic E-state index is 0.0673. The van der Waals surface area contributed by atoms with Crippen LogP contribution in [0.25, 0.3) is 0 Å². The molecule has 4 nitrogen and oxygen atoms in total. The van der Waals surface area contributed by atoms with Crippen LogP contribution in [-0.4, -0.2) is 23.0 Å². The molecule has 0 saturated heterocycles. The zero-order valence-corrected chi connectivity index (χ0v) is 12.8. The number of pyridine rings is 1. The Bertz CT molecular complexity index is 603. The Morgan fingerprint density at radius 1 is 1.33 bits per heavy atom. The number of nitrogens with one attached hydrogen (secondary N) is 1. The van der Waals surface area contributed by atoms with E-state index in [2.05, 4.69) is 10.3 Å². The van der Waals surface area contributed by atoms with Gasteiger partial charge in [0.25, 0.3) is 0 Å². The highest BCUT2D eigenvalue weighted by molar-refractivity contribution is 6.30. The van der Waals surface area contributed by atoms with E-state index < -0.39 is 0 Å². The van der Waals surface area contributed by atoms with Crippen LogP contribution in [0, 0.1) is 0 Å². The zero-order valence-electron chi connectivity index (χ0n) is 12.1. The van der Waals surface area contributed by atoms with Gasteiger partial charge in [0.2, 0.25) is 0 Å². The number of aromatic nitrogens is 1. The van der Waals surface area contributed by atoms with Crippen molar-refractivity contribution in [1.82, 2.24) is 15.2 Å². The van der Waals surface area contributed by atoms with Gasteiger partial charge in [0, 0.05) is 31.0 Å². The molecule has 0 spiro atoms. The molecule has 21 heavy (non-hydrogen) atoms. The molecule has 110 valence electrons. The standard InChI is InChI=1S/C16H18ClN3O/c1-12(14-6-8-18-9-7-14)19-16(21)20(2)11-13-4-3-5-15(17)10-13/h3-10,12H,11H2,1-2H3,(H,19,21). The second-order valence-electron chi connectivity index (χ2n) is 4.94. The summed E-state index contributed by atoms with van der Waals surface area (Å²) < 4.78 is 0. The first-order valence-corrected chi connectivity index (χ1v) is 7.10. The molecule has 0 fully saturated rings. The molecule has 1 unspecified atom stereocenters. The molecule has 1 atom stereocenters. The summed E-state index contributed by atoms with van der Waals surface area (Å²) in [5.74, 6) is 0. The van der Waals surface area contributed by atoms with Crippen LogP contribution < -0.4 is 5.32 Å². The predicted octanol–water partition coefficient (Wildman–Crippen LogP) is 3.64. The fourth-order valence-electron chi connectivity index (χ4n) is 2.01. The first kappa shape index (κ1) is 15.3. The number of rotatable bonds is 4. The van der Waals surface area contributed by atoms with Gasteiger partial charge >= 0.3 is 6.03 Å². The molecule has 0 saturated carbocycles. The summed E-state index contributed by atoms with van der Waals surface area (Å²) in [6.45, 7) is 2.45. The van der Waals surface area contributed by atoms with Gasteiger partial charge in [-0.3, -0.25) is 4.98 Å². The number of carbonyl (C=O) groups is 1. The number of hydrogen-bond acceptors (Lipinski definition) is 2. The van der Waals surface area contributed by atoms with Gasteiger partial charge in [0.1, 0.15) is 0 Å². The van der Waals surface area contributed by atoms with Crippen LogP contribution in [0.2, 0.25) is 5.02 Å². The van der Waals surface area contributed by atoms with Crippen molar-refractivity contribution in [3.63, 3.8) is 0 Å². The maximum absolute atomic E-state index is 12.2. The topological polar surface area (TPSA) is 45.2 Å². The SMILES string of the molecule is CC(NC(=O)N(C)Cc1cccc(Cl)c1)c1ccncc1. The lowest BCUT2D eigenvalue weighted by Gasteiger charge is -2.21. The van der Waals surface area contributed by atoms with E-state index in [0.717, 1.165) is 11.1 Å². The number of nitrogens with zero attached hydrogens (tertiary/aromatic N) is 2. The zero-order chi connectivity index (χ0) is 15.2. The lowest BCUT2D eigenvalue weighted by molar-refractivity contribution is 0.203. The minimum atomic E-state index is -0.126. The van der Waals surface area contributed by atoms with Gasteiger partial charge in [0.15, 0.2) is 0 Å². The Morgan fingerprint density at radius 3 is 2.71 bits per heavy atom. The summed E-state index contributed by atoms with van der Waals surface area (Å²) in [6.07, 6.45) is 3.43. The van der Waals surface area contributed by atoms with E-state index in [1.165, 1.54) is 0 Å². The lowest BCUT2D eigenvalue weighted by Crippen LogP contribution is -2.38. The predicted molar refractivity (Wildman–Crippen MR) is 84.1 cm³/mol. The van der Waals surface area contributed by atoms with Gasteiger partial charge < -0.3 is 10.2 Å². The van der Waals surface area contributed by atoms with E-state index in [1.54, 1.807) is 24.3 Å². The second-order valence-corrected chi connectivity index (χ2v) is 5.37. The van der Waals surface area contributed by atoms with E-state index in [1.807, 2.05) is 43.3 Å². The summed E-state index contributed by atoms with van der Waals surface area (Å²) >= 11 is 5.95. The molecular formula is C16H18ClN3O. The first-order valence-electron chi connectivity index (χ1n) is 6.72. The lowest BCUT2D eigenvalue weighted by atomic mass is 10.1. The highest BCUT2D eigenvalue weighted by atomic mass is 35.5. The highest BCUT2D eigenvalue weighted by Crippen LogP contribution is 2.13. The molecular weight excluding hydrogens is 286 g/mol. The van der Waals surface area contributed by atoms with Crippen LogP contribution in [0.5, 0.6) is 0 Å². The van der Waals surface area contributed by atoms with Gasteiger partial charge in [0.05, 0.1) is 6.04 Å². The summed E-state index contributed by atoms with van der Waals surface area (Å²) in [7, 11) is 1.76. The average molecular weight is 304 g/mol. The van der Waals surface area contributed by atoms with E-state index in [4.69, 9.17) is 11.6 Å². The molecule has 2 rings (SSSR count). The largest absolute Gasteiger partial charge is 0.331 e. The summed E-state index contributed by atoms with van der Waals surface area (Å²) in [5.41, 5.74) is 2.02. The van der Waals surface area contributed by atoms with Gasteiger partial charge in [-0.05, 0) is 42.3 Å². The molecule has 0 aliphatic carbocycles. The Kier molecular flexibility index (Phi) is 5.17. The van der Waals surface area contributed by atoms with Crippen LogP contribution in [0.3, 0.4) is 0 Å². The summed E-state index contributed by atoms with van der Waals surface area (Å²) in [6, 6.07) is 11.1. The second kappa shape index (κ2) is 7.09. The van der Waals surface area contributed by atoms with E-state index >= 15 is 0 Å². The smallest absolute Gasteiger partial charge is 0.317 e. The molecule has 0 bridgehead atoms. The number of carbonyl (C=O) groups excluding carboxylic acids is 1. The third-order valence-electron chi connectivity index (χ3n) is 3.20. The van der Waals surface area contributed by atoms with Crippen molar-refractivity contribution in [3.05, 3.63) is 64.9 Å². The monoisotopic (exact) mass is 303 g/mol. The summed E-state index contributed by atoms with van der Waals surface area (Å²) in [4.78, 5) is 17.8. The van der Waals surface area contributed by atoms with E-state index in [0.29, 0.717) is 11.6 Å². The summed E-state index contributed by atoms with van der Waals surface area (Å²) in [5, 5.41) is 3.63. The Morgan fingerprint density at radius 2 is 2.05 bits per heavy atom. The fraction of sp³-hybridized carbons (Fsp3) is 0.250. The van der Waals surface area contributed by atoms with Gasteiger partial charge in [-0.1, -0.05) is 23.7 Å². The Hall–Kier alpha value is -2.07. The van der Waals surface area contributed by atoms with Crippen molar-refractivity contribution >= 4 is 17.6 Å². The number of halogens is 1. The molecule has 1 heterocycles. The molecule has 0 radical (unpaired) electrons. The van der Waals surface area contributed by atoms with Crippen LogP contribution in [0.15, 0.2) is 48.8 Å². The normalized spacial score (nSPS) is 11.8. The highest BCUT2D eigenvalue weighted by Gasteiger charge is 2.13. The third-order valence-corrected chi connectivity index (χ3v) is 3.44. The Labute approximate surface area is 129 Å².